The predicted molar refractivity (Wildman–Crippen MR) is 77.6 cm³/mol. The van der Waals surface area contributed by atoms with Crippen LogP contribution in [0.25, 0.3) is 11.4 Å². The van der Waals surface area contributed by atoms with Gasteiger partial charge in [0.1, 0.15) is 11.6 Å². The number of nitrogen functional groups attached to an aromatic ring is 1. The number of rotatable bonds is 3. The number of anilines is 1. The molecule has 0 aliphatic carbocycles. The van der Waals surface area contributed by atoms with Crippen LogP contribution in [0.1, 0.15) is 18.2 Å². The van der Waals surface area contributed by atoms with E-state index in [4.69, 9.17) is 22.1 Å². The smallest absolute Gasteiger partial charge is 0.165 e. The van der Waals surface area contributed by atoms with Crippen molar-refractivity contribution in [2.24, 2.45) is 0 Å². The first-order valence-corrected chi connectivity index (χ1v) is 6.41. The van der Waals surface area contributed by atoms with E-state index in [-0.39, 0.29) is 0 Å². The highest BCUT2D eigenvalue weighted by atomic mass is 35.5. The summed E-state index contributed by atoms with van der Waals surface area (Å²) < 4.78 is 5.31. The molecule has 0 unspecified atom stereocenters. The van der Waals surface area contributed by atoms with Crippen LogP contribution in [0.3, 0.4) is 0 Å². The fourth-order valence-corrected chi connectivity index (χ4v) is 2.19. The summed E-state index contributed by atoms with van der Waals surface area (Å²) in [5, 5.41) is 0.607. The van der Waals surface area contributed by atoms with Crippen LogP contribution < -0.4 is 10.5 Å². The Hall–Kier alpha value is -1.81. The number of nitrogens with zero attached hydrogens (tertiary/aromatic N) is 2. The average molecular weight is 278 g/mol. The number of halogens is 1. The van der Waals surface area contributed by atoms with Gasteiger partial charge in [-0.2, -0.15) is 0 Å². The van der Waals surface area contributed by atoms with Crippen LogP contribution in [0.2, 0.25) is 5.02 Å². The van der Waals surface area contributed by atoms with Crippen molar-refractivity contribution in [1.82, 2.24) is 9.97 Å². The van der Waals surface area contributed by atoms with Gasteiger partial charge in [-0.05, 0) is 31.5 Å². The maximum absolute atomic E-state index is 5.97. The van der Waals surface area contributed by atoms with Crippen molar-refractivity contribution < 1.29 is 4.74 Å². The molecule has 0 fully saturated rings. The van der Waals surface area contributed by atoms with Crippen LogP contribution in [0.15, 0.2) is 18.2 Å². The lowest BCUT2D eigenvalue weighted by Crippen LogP contribution is -2.05. The summed E-state index contributed by atoms with van der Waals surface area (Å²) in [4.78, 5) is 8.86. The zero-order valence-corrected chi connectivity index (χ0v) is 12.0. The second kappa shape index (κ2) is 5.45. The van der Waals surface area contributed by atoms with Crippen LogP contribution in [-0.4, -0.2) is 17.1 Å². The molecule has 1 heterocycles. The maximum Gasteiger partial charge on any atom is 0.165 e. The summed E-state index contributed by atoms with van der Waals surface area (Å²) >= 11 is 5.95. The molecule has 19 heavy (non-hydrogen) atoms. The van der Waals surface area contributed by atoms with Crippen LogP contribution >= 0.6 is 11.6 Å². The number of aromatic nitrogens is 2. The number of aryl methyl sites for hydroxylation is 1. The van der Waals surface area contributed by atoms with Crippen LogP contribution in [0, 0.1) is 6.92 Å². The number of hydrogen-bond acceptors (Lipinski definition) is 4. The van der Waals surface area contributed by atoms with Crippen LogP contribution in [0.4, 0.5) is 5.82 Å². The zero-order valence-electron chi connectivity index (χ0n) is 11.2. The molecule has 0 amide bonds. The van der Waals surface area contributed by atoms with E-state index in [1.165, 1.54) is 0 Å². The maximum atomic E-state index is 5.97. The van der Waals surface area contributed by atoms with E-state index < -0.39 is 0 Å². The van der Waals surface area contributed by atoms with Gasteiger partial charge in [-0.25, -0.2) is 9.97 Å². The largest absolute Gasteiger partial charge is 0.496 e. The molecular formula is C14H16ClN3O. The zero-order chi connectivity index (χ0) is 14.0. The summed E-state index contributed by atoms with van der Waals surface area (Å²) in [7, 11) is 1.59. The fraction of sp³-hybridized carbons (Fsp3) is 0.286. The van der Waals surface area contributed by atoms with Gasteiger partial charge in [-0.3, -0.25) is 0 Å². The van der Waals surface area contributed by atoms with E-state index >= 15 is 0 Å². The van der Waals surface area contributed by atoms with Gasteiger partial charge in [0.05, 0.1) is 12.7 Å². The summed E-state index contributed by atoms with van der Waals surface area (Å²) in [6.07, 6.45) is 0.815. The molecule has 0 spiro atoms. The molecule has 0 aliphatic rings. The Bertz CT molecular complexity index is 591. The summed E-state index contributed by atoms with van der Waals surface area (Å²) in [6, 6.07) is 5.35. The van der Waals surface area contributed by atoms with Crippen molar-refractivity contribution in [2.45, 2.75) is 20.3 Å². The Kier molecular flexibility index (Phi) is 3.90. The highest BCUT2D eigenvalue weighted by Crippen LogP contribution is 2.31. The van der Waals surface area contributed by atoms with E-state index in [9.17, 15) is 0 Å². The number of nitrogens with two attached hydrogens (primary N) is 1. The van der Waals surface area contributed by atoms with Gasteiger partial charge in [0.2, 0.25) is 0 Å². The molecule has 2 N–H and O–H groups in total. The normalized spacial score (nSPS) is 10.5. The third-order valence-electron chi connectivity index (χ3n) is 3.00. The van der Waals surface area contributed by atoms with Gasteiger partial charge < -0.3 is 10.5 Å². The molecule has 0 atom stereocenters. The predicted octanol–water partition coefficient (Wildman–Crippen LogP) is 3.26. The molecule has 0 saturated heterocycles. The minimum absolute atomic E-state index is 0.516. The van der Waals surface area contributed by atoms with Gasteiger partial charge in [0, 0.05) is 16.3 Å². The van der Waals surface area contributed by atoms with E-state index in [1.54, 1.807) is 19.2 Å². The van der Waals surface area contributed by atoms with Crippen molar-refractivity contribution in [3.63, 3.8) is 0 Å². The number of hydrogen-bond donors (Lipinski definition) is 1. The average Bonchev–Trinajstić information content (AvgIpc) is 2.38. The molecule has 4 nitrogen and oxygen atoms in total. The Balaban J connectivity index is 2.59. The van der Waals surface area contributed by atoms with Crippen molar-refractivity contribution in [2.75, 3.05) is 12.8 Å². The summed E-state index contributed by atoms with van der Waals surface area (Å²) in [5.74, 6) is 1.71. The molecule has 0 radical (unpaired) electrons. The molecule has 1 aromatic carbocycles. The van der Waals surface area contributed by atoms with Gasteiger partial charge in [0.15, 0.2) is 5.82 Å². The highest BCUT2D eigenvalue weighted by molar-refractivity contribution is 6.30. The van der Waals surface area contributed by atoms with Gasteiger partial charge in [0.25, 0.3) is 0 Å². The summed E-state index contributed by atoms with van der Waals surface area (Å²) in [5.41, 5.74) is 8.63. The monoisotopic (exact) mass is 277 g/mol. The lowest BCUT2D eigenvalue weighted by atomic mass is 10.1. The molecule has 2 aromatic rings. The molecule has 1 aromatic heterocycles. The molecule has 2 rings (SSSR count). The topological polar surface area (TPSA) is 61.0 Å². The fourth-order valence-electron chi connectivity index (χ4n) is 2.03. The van der Waals surface area contributed by atoms with Crippen molar-refractivity contribution in [3.05, 3.63) is 34.5 Å². The first-order chi connectivity index (χ1) is 9.06. The Morgan fingerprint density at radius 2 is 2.05 bits per heavy atom. The summed E-state index contributed by atoms with van der Waals surface area (Å²) in [6.45, 7) is 3.97. The molecule has 0 bridgehead atoms. The Morgan fingerprint density at radius 1 is 1.32 bits per heavy atom. The molecule has 0 saturated carbocycles. The minimum atomic E-state index is 0.516. The van der Waals surface area contributed by atoms with E-state index in [1.807, 2.05) is 19.9 Å². The van der Waals surface area contributed by atoms with Crippen LogP contribution in [0.5, 0.6) is 5.75 Å². The van der Waals surface area contributed by atoms with Crippen molar-refractivity contribution in [3.8, 4) is 17.1 Å². The van der Waals surface area contributed by atoms with Crippen molar-refractivity contribution in [1.29, 1.82) is 0 Å². The third kappa shape index (κ3) is 2.63. The standard InChI is InChI=1S/C14H16ClN3O/c1-4-10-8(2)17-14(18-13(10)16)11-6-5-9(15)7-12(11)19-3/h5-7H,4H2,1-3H3,(H2,16,17,18). The second-order valence-electron chi connectivity index (χ2n) is 4.19. The second-order valence-corrected chi connectivity index (χ2v) is 4.63. The van der Waals surface area contributed by atoms with Crippen LogP contribution in [-0.2, 0) is 6.42 Å². The van der Waals surface area contributed by atoms with Gasteiger partial charge >= 0.3 is 0 Å². The van der Waals surface area contributed by atoms with E-state index in [2.05, 4.69) is 9.97 Å². The van der Waals surface area contributed by atoms with Gasteiger partial charge in [-0.1, -0.05) is 18.5 Å². The Labute approximate surface area is 117 Å². The molecule has 100 valence electrons. The molecule has 5 heteroatoms. The molecular weight excluding hydrogens is 262 g/mol. The van der Waals surface area contributed by atoms with Gasteiger partial charge in [-0.15, -0.1) is 0 Å². The first kappa shape index (κ1) is 13.6. The SMILES string of the molecule is CCc1c(C)nc(-c2ccc(Cl)cc2OC)nc1N. The van der Waals surface area contributed by atoms with E-state index in [0.717, 1.165) is 23.2 Å². The third-order valence-corrected chi connectivity index (χ3v) is 3.24. The number of ether oxygens (including phenoxy) is 1. The quantitative estimate of drug-likeness (QED) is 0.935. The lowest BCUT2D eigenvalue weighted by Gasteiger charge is -2.11. The molecule has 0 aliphatic heterocycles. The Morgan fingerprint density at radius 3 is 2.63 bits per heavy atom. The number of benzene rings is 1. The van der Waals surface area contributed by atoms with E-state index in [0.29, 0.717) is 22.4 Å². The minimum Gasteiger partial charge on any atom is -0.496 e. The number of methoxy groups -OCH3 is 1. The lowest BCUT2D eigenvalue weighted by molar-refractivity contribution is 0.416. The van der Waals surface area contributed by atoms with Crippen molar-refractivity contribution >= 4 is 17.4 Å². The highest BCUT2D eigenvalue weighted by Gasteiger charge is 2.13. The first-order valence-electron chi connectivity index (χ1n) is 6.03.